The molecule has 2 aliphatic rings. The van der Waals surface area contributed by atoms with Crippen LogP contribution >= 0.6 is 23.2 Å². The number of hydrogen-bond acceptors (Lipinski definition) is 2. The van der Waals surface area contributed by atoms with Crippen molar-refractivity contribution in [1.29, 1.82) is 0 Å². The lowest BCUT2D eigenvalue weighted by atomic mass is 10.0. The van der Waals surface area contributed by atoms with Gasteiger partial charge < -0.3 is 4.57 Å². The van der Waals surface area contributed by atoms with Gasteiger partial charge in [0.1, 0.15) is 11.3 Å². The topological polar surface area (TPSA) is 30.7 Å². The van der Waals surface area contributed by atoms with Crippen LogP contribution in [0.1, 0.15) is 31.5 Å². The van der Waals surface area contributed by atoms with Crippen LogP contribution in [0.2, 0.25) is 5.02 Å². The standard InChI is InChI=1S/C15H17Cl2N3/c16-6-3-13-19-12-7-11(17)8-18-14(12)20(13)9-15(4-5-15)10-1-2-10/h7-8,10H,1-6,9H2. The van der Waals surface area contributed by atoms with Gasteiger partial charge in [-0.05, 0) is 43.1 Å². The first-order chi connectivity index (χ1) is 9.72. The van der Waals surface area contributed by atoms with Gasteiger partial charge in [-0.15, -0.1) is 11.6 Å². The maximum absolute atomic E-state index is 6.03. The zero-order valence-corrected chi connectivity index (χ0v) is 12.8. The highest BCUT2D eigenvalue weighted by Gasteiger charge is 2.54. The molecule has 0 aliphatic heterocycles. The molecule has 0 spiro atoms. The van der Waals surface area contributed by atoms with Crippen molar-refractivity contribution in [3.05, 3.63) is 23.1 Å². The third-order valence-electron chi connectivity index (χ3n) is 4.76. The Morgan fingerprint density at radius 2 is 2.15 bits per heavy atom. The van der Waals surface area contributed by atoms with Gasteiger partial charge in [-0.2, -0.15) is 0 Å². The molecule has 5 heteroatoms. The van der Waals surface area contributed by atoms with E-state index in [1.165, 1.54) is 25.7 Å². The predicted octanol–water partition coefficient (Wildman–Crippen LogP) is 4.06. The Balaban J connectivity index is 1.76. The van der Waals surface area contributed by atoms with E-state index in [4.69, 9.17) is 23.2 Å². The number of fused-ring (bicyclic) bond motifs is 1. The number of alkyl halides is 1. The summed E-state index contributed by atoms with van der Waals surface area (Å²) in [5.74, 6) is 2.57. The van der Waals surface area contributed by atoms with Crippen molar-refractivity contribution in [3.63, 3.8) is 0 Å². The molecule has 0 atom stereocenters. The summed E-state index contributed by atoms with van der Waals surface area (Å²) < 4.78 is 2.29. The van der Waals surface area contributed by atoms with Crippen LogP contribution in [-0.2, 0) is 13.0 Å². The van der Waals surface area contributed by atoms with Crippen LogP contribution in [0.4, 0.5) is 0 Å². The quantitative estimate of drug-likeness (QED) is 0.780. The average Bonchev–Trinajstić information content (AvgIpc) is 3.30. The van der Waals surface area contributed by atoms with Gasteiger partial charge in [0, 0.05) is 25.0 Å². The minimum atomic E-state index is 0.524. The van der Waals surface area contributed by atoms with Gasteiger partial charge in [0.15, 0.2) is 5.65 Å². The minimum absolute atomic E-state index is 0.524. The fourth-order valence-electron chi connectivity index (χ4n) is 3.34. The van der Waals surface area contributed by atoms with Crippen LogP contribution in [0.25, 0.3) is 11.2 Å². The molecule has 0 N–H and O–H groups in total. The second-order valence-electron chi connectivity index (χ2n) is 6.19. The highest BCUT2D eigenvalue weighted by Crippen LogP contribution is 2.62. The number of nitrogens with zero attached hydrogens (tertiary/aromatic N) is 3. The fraction of sp³-hybridized carbons (Fsp3) is 0.600. The Morgan fingerprint density at radius 1 is 1.35 bits per heavy atom. The van der Waals surface area contributed by atoms with Gasteiger partial charge in [0.05, 0.1) is 5.02 Å². The van der Waals surface area contributed by atoms with Gasteiger partial charge in [-0.25, -0.2) is 9.97 Å². The Bertz CT molecular complexity index is 656. The van der Waals surface area contributed by atoms with Crippen molar-refractivity contribution in [2.24, 2.45) is 11.3 Å². The number of imidazole rings is 1. The lowest BCUT2D eigenvalue weighted by Gasteiger charge is -2.17. The summed E-state index contributed by atoms with van der Waals surface area (Å²) in [6.45, 7) is 1.05. The van der Waals surface area contributed by atoms with E-state index in [9.17, 15) is 0 Å². The summed E-state index contributed by atoms with van der Waals surface area (Å²) in [5.41, 5.74) is 2.38. The van der Waals surface area contributed by atoms with Crippen molar-refractivity contribution in [1.82, 2.24) is 14.5 Å². The molecule has 0 aromatic carbocycles. The van der Waals surface area contributed by atoms with Crippen LogP contribution in [0, 0.1) is 11.3 Å². The molecule has 0 amide bonds. The van der Waals surface area contributed by atoms with E-state index in [1.807, 2.05) is 6.07 Å². The van der Waals surface area contributed by atoms with Crippen LogP contribution < -0.4 is 0 Å². The first-order valence-corrected chi connectivity index (χ1v) is 8.20. The summed E-state index contributed by atoms with van der Waals surface area (Å²) >= 11 is 12.0. The number of pyridine rings is 1. The molecule has 106 valence electrons. The van der Waals surface area contributed by atoms with Gasteiger partial charge in [0.25, 0.3) is 0 Å². The molecule has 0 bridgehead atoms. The molecule has 2 aromatic rings. The highest BCUT2D eigenvalue weighted by atomic mass is 35.5. The lowest BCUT2D eigenvalue weighted by molar-refractivity contribution is 0.368. The van der Waals surface area contributed by atoms with Crippen LogP contribution in [-0.4, -0.2) is 20.4 Å². The molecule has 2 heterocycles. The first-order valence-electron chi connectivity index (χ1n) is 7.28. The van der Waals surface area contributed by atoms with E-state index < -0.39 is 0 Å². The van der Waals surface area contributed by atoms with E-state index in [0.717, 1.165) is 35.9 Å². The largest absolute Gasteiger partial charge is 0.312 e. The number of hydrogen-bond donors (Lipinski definition) is 0. The molecule has 2 aromatic heterocycles. The monoisotopic (exact) mass is 309 g/mol. The Labute approximate surface area is 128 Å². The molecular weight excluding hydrogens is 293 g/mol. The molecule has 4 rings (SSSR count). The molecule has 2 fully saturated rings. The van der Waals surface area contributed by atoms with Crippen molar-refractivity contribution in [2.75, 3.05) is 5.88 Å². The highest BCUT2D eigenvalue weighted by molar-refractivity contribution is 6.31. The van der Waals surface area contributed by atoms with E-state index in [-0.39, 0.29) is 0 Å². The maximum atomic E-state index is 6.03. The van der Waals surface area contributed by atoms with Gasteiger partial charge >= 0.3 is 0 Å². The third kappa shape index (κ3) is 2.11. The van der Waals surface area contributed by atoms with Crippen LogP contribution in [0.5, 0.6) is 0 Å². The number of rotatable bonds is 5. The number of halogens is 2. The van der Waals surface area contributed by atoms with E-state index >= 15 is 0 Å². The summed E-state index contributed by atoms with van der Waals surface area (Å²) in [5, 5.41) is 0.642. The van der Waals surface area contributed by atoms with Crippen molar-refractivity contribution in [2.45, 2.75) is 38.6 Å². The molecule has 3 nitrogen and oxygen atoms in total. The average molecular weight is 310 g/mol. The zero-order chi connectivity index (χ0) is 13.7. The summed E-state index contributed by atoms with van der Waals surface area (Å²) in [4.78, 5) is 9.19. The number of aryl methyl sites for hydroxylation is 1. The molecular formula is C15H17Cl2N3. The third-order valence-corrected chi connectivity index (χ3v) is 5.15. The van der Waals surface area contributed by atoms with Gasteiger partial charge in [-0.3, -0.25) is 0 Å². The van der Waals surface area contributed by atoms with Crippen molar-refractivity contribution in [3.8, 4) is 0 Å². The number of aromatic nitrogens is 3. The summed E-state index contributed by atoms with van der Waals surface area (Å²) in [6.07, 6.45) is 8.00. The van der Waals surface area contributed by atoms with Crippen LogP contribution in [0.3, 0.4) is 0 Å². The minimum Gasteiger partial charge on any atom is -0.312 e. The summed E-state index contributed by atoms with van der Waals surface area (Å²) in [6, 6.07) is 1.90. The SMILES string of the molecule is ClCCc1nc2cc(Cl)cnc2n1CC1(C2CC2)CC1. The zero-order valence-electron chi connectivity index (χ0n) is 11.3. The molecule has 2 aliphatic carbocycles. The molecule has 0 unspecified atom stereocenters. The Kier molecular flexibility index (Phi) is 2.97. The molecule has 0 saturated heterocycles. The fourth-order valence-corrected chi connectivity index (χ4v) is 3.66. The van der Waals surface area contributed by atoms with E-state index in [0.29, 0.717) is 16.3 Å². The predicted molar refractivity (Wildman–Crippen MR) is 81.4 cm³/mol. The molecule has 2 saturated carbocycles. The lowest BCUT2D eigenvalue weighted by Crippen LogP contribution is -2.16. The van der Waals surface area contributed by atoms with Gasteiger partial charge in [0.2, 0.25) is 0 Å². The smallest absolute Gasteiger partial charge is 0.160 e. The second-order valence-corrected chi connectivity index (χ2v) is 7.00. The Morgan fingerprint density at radius 3 is 2.80 bits per heavy atom. The Hall–Kier alpha value is -0.800. The van der Waals surface area contributed by atoms with E-state index in [2.05, 4.69) is 14.5 Å². The maximum Gasteiger partial charge on any atom is 0.160 e. The summed E-state index contributed by atoms with van der Waals surface area (Å²) in [7, 11) is 0. The molecule has 0 radical (unpaired) electrons. The van der Waals surface area contributed by atoms with Crippen molar-refractivity contribution >= 4 is 34.4 Å². The van der Waals surface area contributed by atoms with E-state index in [1.54, 1.807) is 6.20 Å². The van der Waals surface area contributed by atoms with Crippen molar-refractivity contribution < 1.29 is 0 Å². The molecule has 20 heavy (non-hydrogen) atoms. The second kappa shape index (κ2) is 4.60. The normalized spacial score (nSPS) is 20.5. The first kappa shape index (κ1) is 12.9. The van der Waals surface area contributed by atoms with Gasteiger partial charge in [-0.1, -0.05) is 11.6 Å². The van der Waals surface area contributed by atoms with Crippen LogP contribution in [0.15, 0.2) is 12.3 Å².